The summed E-state index contributed by atoms with van der Waals surface area (Å²) in [4.78, 5) is 101. The number of nitrogens with one attached hydrogen (secondary N) is 1. The molecule has 0 spiro atoms. The van der Waals surface area contributed by atoms with E-state index in [9.17, 15) is 43.5 Å². The zero-order valence-electron chi connectivity index (χ0n) is 40.9. The van der Waals surface area contributed by atoms with E-state index in [0.717, 1.165) is 54.0 Å². The number of ether oxygens (including phenoxy) is 14. The van der Waals surface area contributed by atoms with Crippen molar-refractivity contribution in [1.29, 1.82) is 0 Å². The third-order valence-electron chi connectivity index (χ3n) is 10.9. The molecule has 0 saturated carbocycles. The molecule has 72 heavy (non-hydrogen) atoms. The number of amides is 1. The first-order valence-electron chi connectivity index (χ1n) is 22.8. The lowest BCUT2D eigenvalue weighted by Gasteiger charge is -2.51. The van der Waals surface area contributed by atoms with Gasteiger partial charge in [-0.3, -0.25) is 38.4 Å². The van der Waals surface area contributed by atoms with E-state index in [1.165, 1.54) is 6.92 Å². The van der Waals surface area contributed by atoms with Gasteiger partial charge in [0.05, 0.1) is 19.8 Å². The summed E-state index contributed by atoms with van der Waals surface area (Å²) in [5.74, 6) is -6.70. The summed E-state index contributed by atoms with van der Waals surface area (Å²) in [7, 11) is 0. The Balaban J connectivity index is 1.69. The largest absolute Gasteiger partial charge is 0.463 e. The van der Waals surface area contributed by atoms with E-state index >= 15 is 0 Å². The molecule has 3 fully saturated rings. The van der Waals surface area contributed by atoms with Gasteiger partial charge in [0.1, 0.15) is 55.9 Å². The minimum Gasteiger partial charge on any atom is -0.463 e. The second-order valence-electron chi connectivity index (χ2n) is 16.8. The molecule has 0 aromatic heterocycles. The van der Waals surface area contributed by atoms with Crippen LogP contribution >= 0.6 is 0 Å². The standard InChI is InChI=1S/C48H61NO23/c1-24(50)49-37-41(62-20-33-17-13-10-14-18-33)38(71-48-45(67-31(8)57)43(65-29(6)55)40(64-28(5)54)36(70-48)23-61-26(3)52)34(21-59-19-32-15-11-9-12-16-32)69-47(37)72-42-39(63-27(4)53)35(22-60-25(2)51)68-46(58)44(42)66-30(7)56/h9-18,34-48,58H,19-23H2,1-8H3,(H,49,50)/t34-,35-,36-,37-,38-,39+,40+,41-,42+,43+,44-,45-,46-,47+,48+/m1/s1. The van der Waals surface area contributed by atoms with Crippen molar-refractivity contribution in [2.75, 3.05) is 19.8 Å². The molecule has 3 aliphatic heterocycles. The fourth-order valence-corrected chi connectivity index (χ4v) is 8.18. The molecule has 1 amide bonds. The molecule has 2 N–H and O–H groups in total. The number of carbonyl (C=O) groups is 8. The maximum Gasteiger partial charge on any atom is 0.303 e. The molecule has 5 rings (SSSR count). The SMILES string of the molecule is CC(=O)N[C@H]1[C@H](O[C@@H]2[C@@H](OC(C)=O)[C@H](O)O[C@H](COC(C)=O)[C@@H]2OC(C)=O)O[C@H](COCc2ccccc2)[C@@H](O[C@@H]2O[C@H](COC(C)=O)[C@H](OC(C)=O)[C@H](OC(C)=O)[C@H]2OC(C)=O)[C@@H]1OCc1ccccc1. The quantitative estimate of drug-likeness (QED) is 0.130. The number of esters is 7. The minimum atomic E-state index is -1.98. The van der Waals surface area contributed by atoms with Gasteiger partial charge in [-0.2, -0.15) is 0 Å². The fourth-order valence-electron chi connectivity index (χ4n) is 8.18. The van der Waals surface area contributed by atoms with E-state index in [-0.39, 0.29) is 19.8 Å². The van der Waals surface area contributed by atoms with Crippen LogP contribution in [0, 0.1) is 0 Å². The van der Waals surface area contributed by atoms with E-state index in [4.69, 9.17) is 66.3 Å². The van der Waals surface area contributed by atoms with Crippen molar-refractivity contribution >= 4 is 47.7 Å². The number of hydrogen-bond acceptors (Lipinski definition) is 23. The third kappa shape index (κ3) is 16.7. The van der Waals surface area contributed by atoms with Gasteiger partial charge < -0.3 is 76.7 Å². The summed E-state index contributed by atoms with van der Waals surface area (Å²) < 4.78 is 83.6. The van der Waals surface area contributed by atoms with Crippen molar-refractivity contribution in [1.82, 2.24) is 5.32 Å². The maximum absolute atomic E-state index is 13.4. The number of aliphatic hydroxyl groups is 1. The summed E-state index contributed by atoms with van der Waals surface area (Å²) in [6.45, 7) is 6.92. The highest BCUT2D eigenvalue weighted by molar-refractivity contribution is 5.73. The highest BCUT2D eigenvalue weighted by atomic mass is 16.8. The number of benzene rings is 2. The number of rotatable bonds is 21. The average Bonchev–Trinajstić information content (AvgIpc) is 3.29. The Hall–Kier alpha value is -6.12. The normalized spacial score (nSPS) is 30.1. The minimum absolute atomic E-state index is 0.00427. The molecule has 0 unspecified atom stereocenters. The summed E-state index contributed by atoms with van der Waals surface area (Å²) in [5.41, 5.74) is 1.35. The molecule has 0 bridgehead atoms. The van der Waals surface area contributed by atoms with Crippen molar-refractivity contribution < 1.29 is 110 Å². The zero-order chi connectivity index (χ0) is 52.6. The van der Waals surface area contributed by atoms with Crippen LogP contribution < -0.4 is 5.32 Å². The summed E-state index contributed by atoms with van der Waals surface area (Å²) in [6, 6.07) is 16.2. The van der Waals surface area contributed by atoms with Crippen molar-refractivity contribution in [2.24, 2.45) is 0 Å². The van der Waals surface area contributed by atoms with E-state index in [2.05, 4.69) is 5.32 Å². The Morgan fingerprint density at radius 2 is 0.889 bits per heavy atom. The topological polar surface area (TPSA) is 298 Å². The Bertz CT molecular complexity index is 2160. The molecule has 3 heterocycles. The predicted octanol–water partition coefficient (Wildman–Crippen LogP) is 1.02. The van der Waals surface area contributed by atoms with Crippen molar-refractivity contribution in [3.05, 3.63) is 71.8 Å². The van der Waals surface area contributed by atoms with Gasteiger partial charge in [0.25, 0.3) is 0 Å². The molecule has 15 atom stereocenters. The summed E-state index contributed by atoms with van der Waals surface area (Å²) in [6.07, 6.45) is -22.8. The number of aliphatic hydroxyl groups excluding tert-OH is 1. The lowest BCUT2D eigenvalue weighted by atomic mass is 9.93. The first-order valence-corrected chi connectivity index (χ1v) is 22.8. The molecule has 2 aromatic rings. The van der Waals surface area contributed by atoms with E-state index < -0.39 is 153 Å². The molecular formula is C48H61NO23. The lowest BCUT2D eigenvalue weighted by molar-refractivity contribution is -0.370. The van der Waals surface area contributed by atoms with Crippen LogP contribution in [0.3, 0.4) is 0 Å². The van der Waals surface area contributed by atoms with Gasteiger partial charge in [-0.1, -0.05) is 60.7 Å². The lowest BCUT2D eigenvalue weighted by Crippen LogP contribution is -2.70. The van der Waals surface area contributed by atoms with Gasteiger partial charge in [0, 0.05) is 55.4 Å². The summed E-state index contributed by atoms with van der Waals surface area (Å²) >= 11 is 0. The van der Waals surface area contributed by atoms with Gasteiger partial charge in [-0.05, 0) is 11.1 Å². The molecule has 0 aliphatic carbocycles. The van der Waals surface area contributed by atoms with Crippen LogP contribution in [-0.2, 0) is 118 Å². The van der Waals surface area contributed by atoms with Crippen LogP contribution in [0.2, 0.25) is 0 Å². The highest BCUT2D eigenvalue weighted by Crippen LogP contribution is 2.37. The predicted molar refractivity (Wildman–Crippen MR) is 238 cm³/mol. The second kappa shape index (κ2) is 27.1. The van der Waals surface area contributed by atoms with Gasteiger partial charge in [-0.25, -0.2) is 0 Å². The second-order valence-corrected chi connectivity index (χ2v) is 16.8. The maximum atomic E-state index is 13.4. The third-order valence-corrected chi connectivity index (χ3v) is 10.9. The van der Waals surface area contributed by atoms with E-state index in [0.29, 0.717) is 5.56 Å². The molecular weight excluding hydrogens is 959 g/mol. The number of hydrogen-bond donors (Lipinski definition) is 2. The first-order chi connectivity index (χ1) is 34.2. The van der Waals surface area contributed by atoms with Crippen LogP contribution in [0.15, 0.2) is 60.7 Å². The molecule has 2 aromatic carbocycles. The molecule has 0 radical (unpaired) electrons. The van der Waals surface area contributed by atoms with E-state index in [1.54, 1.807) is 60.7 Å². The Labute approximate surface area is 414 Å². The van der Waals surface area contributed by atoms with Crippen molar-refractivity contribution in [2.45, 2.75) is 161 Å². The van der Waals surface area contributed by atoms with Gasteiger partial charge >= 0.3 is 41.8 Å². The average molecular weight is 1020 g/mol. The van der Waals surface area contributed by atoms with Crippen LogP contribution in [0.25, 0.3) is 0 Å². The molecule has 3 saturated heterocycles. The van der Waals surface area contributed by atoms with Gasteiger partial charge in [0.15, 0.2) is 49.4 Å². The van der Waals surface area contributed by atoms with Crippen LogP contribution in [0.5, 0.6) is 0 Å². The summed E-state index contributed by atoms with van der Waals surface area (Å²) in [5, 5.41) is 14.1. The molecule has 3 aliphatic rings. The van der Waals surface area contributed by atoms with Gasteiger partial charge in [0.2, 0.25) is 5.91 Å². The molecule has 396 valence electrons. The fraction of sp³-hybridized carbons (Fsp3) is 0.583. The van der Waals surface area contributed by atoms with Crippen LogP contribution in [-0.4, -0.2) is 165 Å². The van der Waals surface area contributed by atoms with Crippen molar-refractivity contribution in [3.8, 4) is 0 Å². The highest BCUT2D eigenvalue weighted by Gasteiger charge is 2.58. The number of carbonyl (C=O) groups excluding carboxylic acids is 8. The molecule has 24 heteroatoms. The van der Waals surface area contributed by atoms with Crippen molar-refractivity contribution in [3.63, 3.8) is 0 Å². The molecule has 24 nitrogen and oxygen atoms in total. The Kier molecular flexibility index (Phi) is 21.4. The Morgan fingerprint density at radius 1 is 0.458 bits per heavy atom. The van der Waals surface area contributed by atoms with E-state index in [1.807, 2.05) is 0 Å². The zero-order valence-corrected chi connectivity index (χ0v) is 40.9. The van der Waals surface area contributed by atoms with Crippen LogP contribution in [0.1, 0.15) is 66.5 Å². The van der Waals surface area contributed by atoms with Crippen LogP contribution in [0.4, 0.5) is 0 Å². The smallest absolute Gasteiger partial charge is 0.303 e. The first kappa shape index (κ1) is 56.8. The van der Waals surface area contributed by atoms with Gasteiger partial charge in [-0.15, -0.1) is 0 Å². The Morgan fingerprint density at radius 3 is 1.40 bits per heavy atom. The monoisotopic (exact) mass is 1020 g/mol.